The van der Waals surface area contributed by atoms with E-state index in [-0.39, 0.29) is 30.5 Å². The number of aromatic nitrogens is 1. The lowest BCUT2D eigenvalue weighted by molar-refractivity contribution is -0.132. The molecule has 1 N–H and O–H groups in total. The number of hydrogen-bond acceptors (Lipinski definition) is 7. The number of ether oxygens (including phenoxy) is 1. The fourth-order valence-electron chi connectivity index (χ4n) is 2.74. The second-order valence-corrected chi connectivity index (χ2v) is 9.49. The number of benzene rings is 1. The quantitative estimate of drug-likeness (QED) is 0.746. The molecule has 0 bridgehead atoms. The molecule has 8 nitrogen and oxygen atoms in total. The van der Waals surface area contributed by atoms with Crippen LogP contribution in [0.15, 0.2) is 35.2 Å². The molecule has 0 aliphatic carbocycles. The molecule has 1 saturated heterocycles. The van der Waals surface area contributed by atoms with Gasteiger partial charge < -0.3 is 15.0 Å². The molecule has 1 aromatic carbocycles. The molecule has 2 heterocycles. The fraction of sp³-hybridized carbons (Fsp3) is 0.389. The van der Waals surface area contributed by atoms with Crippen molar-refractivity contribution in [1.29, 1.82) is 0 Å². The van der Waals surface area contributed by atoms with Crippen molar-refractivity contribution >= 4 is 33.0 Å². The first-order valence-corrected chi connectivity index (χ1v) is 11.5. The Bertz CT molecular complexity index is 930. The van der Waals surface area contributed by atoms with Crippen LogP contribution in [0.5, 0.6) is 5.75 Å². The number of nitrogens with one attached hydrogen (secondary N) is 1. The lowest BCUT2D eigenvalue weighted by Crippen LogP contribution is -2.51. The molecule has 1 aliphatic heterocycles. The lowest BCUT2D eigenvalue weighted by Gasteiger charge is -2.29. The van der Waals surface area contributed by atoms with Gasteiger partial charge in [0.15, 0.2) is 9.84 Å². The Balaban J connectivity index is 1.56. The molecule has 2 amide bonds. The number of carbonyl (C=O) groups excluding carboxylic acids is 2. The minimum atomic E-state index is -3.07. The molecule has 10 heteroatoms. The number of rotatable bonds is 6. The van der Waals surface area contributed by atoms with E-state index in [0.29, 0.717) is 17.9 Å². The van der Waals surface area contributed by atoms with Gasteiger partial charge in [0.25, 0.3) is 5.91 Å². The maximum absolute atomic E-state index is 12.5. The van der Waals surface area contributed by atoms with Crippen LogP contribution >= 0.6 is 11.3 Å². The SMILES string of the molecule is CC(NC(=O)c1cccc(OCc2cscn2)c1)C(=O)N1CCS(=O)(=O)CC1. The van der Waals surface area contributed by atoms with E-state index in [1.165, 1.54) is 16.2 Å². The Hall–Kier alpha value is -2.46. The van der Waals surface area contributed by atoms with Gasteiger partial charge in [0, 0.05) is 24.0 Å². The standard InChI is InChI=1S/C18H21N3O5S2/c1-13(18(23)21-5-7-28(24,25)8-6-21)20-17(22)14-3-2-4-16(9-14)26-10-15-11-27-12-19-15/h2-4,9,11-13H,5-8,10H2,1H3,(H,20,22). The molecule has 1 aliphatic rings. The molecule has 2 aromatic rings. The average molecular weight is 424 g/mol. The summed E-state index contributed by atoms with van der Waals surface area (Å²) in [5.41, 5.74) is 2.90. The number of amides is 2. The smallest absolute Gasteiger partial charge is 0.252 e. The maximum Gasteiger partial charge on any atom is 0.252 e. The summed E-state index contributed by atoms with van der Waals surface area (Å²) < 4.78 is 28.6. The average Bonchev–Trinajstić information content (AvgIpc) is 3.19. The van der Waals surface area contributed by atoms with Gasteiger partial charge in [-0.15, -0.1) is 11.3 Å². The molecule has 0 radical (unpaired) electrons. The molecular formula is C18H21N3O5S2. The van der Waals surface area contributed by atoms with Crippen LogP contribution in [0, 0.1) is 0 Å². The highest BCUT2D eigenvalue weighted by atomic mass is 32.2. The van der Waals surface area contributed by atoms with Gasteiger partial charge in [0.05, 0.1) is 22.7 Å². The highest BCUT2D eigenvalue weighted by molar-refractivity contribution is 7.91. The Morgan fingerprint density at radius 2 is 2.07 bits per heavy atom. The van der Waals surface area contributed by atoms with Crippen molar-refractivity contribution < 1.29 is 22.7 Å². The summed E-state index contributed by atoms with van der Waals surface area (Å²) in [6.07, 6.45) is 0. The van der Waals surface area contributed by atoms with Gasteiger partial charge in [-0.25, -0.2) is 13.4 Å². The zero-order valence-electron chi connectivity index (χ0n) is 15.3. The van der Waals surface area contributed by atoms with Crippen LogP contribution in [0.2, 0.25) is 0 Å². The molecule has 1 unspecified atom stereocenters. The third-order valence-electron chi connectivity index (χ3n) is 4.34. The summed E-state index contributed by atoms with van der Waals surface area (Å²) in [5.74, 6) is -0.250. The van der Waals surface area contributed by atoms with Crippen LogP contribution in [0.4, 0.5) is 0 Å². The Morgan fingerprint density at radius 3 is 2.75 bits per heavy atom. The predicted octanol–water partition coefficient (Wildman–Crippen LogP) is 1.10. The van der Waals surface area contributed by atoms with Crippen molar-refractivity contribution in [3.8, 4) is 5.75 Å². The summed E-state index contributed by atoms with van der Waals surface area (Å²) in [4.78, 5) is 30.6. The van der Waals surface area contributed by atoms with E-state index in [4.69, 9.17) is 4.74 Å². The van der Waals surface area contributed by atoms with Crippen LogP contribution in [0.3, 0.4) is 0 Å². The van der Waals surface area contributed by atoms with Gasteiger partial charge in [-0.1, -0.05) is 6.07 Å². The van der Waals surface area contributed by atoms with E-state index < -0.39 is 21.8 Å². The minimum Gasteiger partial charge on any atom is -0.487 e. The summed E-state index contributed by atoms with van der Waals surface area (Å²) in [6.45, 7) is 2.20. The second kappa shape index (κ2) is 8.70. The van der Waals surface area contributed by atoms with E-state index >= 15 is 0 Å². The van der Waals surface area contributed by atoms with Crippen molar-refractivity contribution in [2.75, 3.05) is 24.6 Å². The van der Waals surface area contributed by atoms with Crippen molar-refractivity contribution in [1.82, 2.24) is 15.2 Å². The summed E-state index contributed by atoms with van der Waals surface area (Å²) in [5, 5.41) is 4.55. The van der Waals surface area contributed by atoms with Gasteiger partial charge in [0.1, 0.15) is 18.4 Å². The van der Waals surface area contributed by atoms with Gasteiger partial charge in [-0.05, 0) is 25.1 Å². The normalized spacial score (nSPS) is 17.0. The first kappa shape index (κ1) is 20.3. The van der Waals surface area contributed by atoms with Crippen LogP contribution in [-0.4, -0.2) is 60.8 Å². The molecule has 28 heavy (non-hydrogen) atoms. The van der Waals surface area contributed by atoms with Crippen molar-refractivity contribution in [2.45, 2.75) is 19.6 Å². The lowest BCUT2D eigenvalue weighted by atomic mass is 10.2. The number of hydrogen-bond donors (Lipinski definition) is 1. The summed E-state index contributed by atoms with van der Waals surface area (Å²) in [7, 11) is -3.07. The molecule has 150 valence electrons. The third-order valence-corrected chi connectivity index (χ3v) is 6.58. The van der Waals surface area contributed by atoms with Crippen LogP contribution in [-0.2, 0) is 21.2 Å². The largest absolute Gasteiger partial charge is 0.487 e. The number of nitrogens with zero attached hydrogens (tertiary/aromatic N) is 2. The topological polar surface area (TPSA) is 106 Å². The van der Waals surface area contributed by atoms with Gasteiger partial charge in [-0.2, -0.15) is 0 Å². The van der Waals surface area contributed by atoms with Gasteiger partial charge in [0.2, 0.25) is 5.91 Å². The van der Waals surface area contributed by atoms with E-state index in [9.17, 15) is 18.0 Å². The third kappa shape index (κ3) is 5.29. The zero-order valence-corrected chi connectivity index (χ0v) is 17.0. The van der Waals surface area contributed by atoms with E-state index in [1.807, 2.05) is 5.38 Å². The van der Waals surface area contributed by atoms with E-state index in [0.717, 1.165) is 5.69 Å². The molecule has 1 atom stereocenters. The highest BCUT2D eigenvalue weighted by Crippen LogP contribution is 2.16. The van der Waals surface area contributed by atoms with Gasteiger partial charge >= 0.3 is 0 Å². The first-order chi connectivity index (χ1) is 13.3. The zero-order chi connectivity index (χ0) is 20.1. The molecule has 0 spiro atoms. The summed E-state index contributed by atoms with van der Waals surface area (Å²) >= 11 is 1.48. The van der Waals surface area contributed by atoms with E-state index in [1.54, 1.807) is 36.7 Å². The predicted molar refractivity (Wildman–Crippen MR) is 105 cm³/mol. The van der Waals surface area contributed by atoms with Crippen molar-refractivity contribution in [3.63, 3.8) is 0 Å². The van der Waals surface area contributed by atoms with Crippen LogP contribution < -0.4 is 10.1 Å². The Labute approximate surface area is 167 Å². The molecule has 3 rings (SSSR count). The molecule has 1 fully saturated rings. The monoisotopic (exact) mass is 423 g/mol. The molecule has 0 saturated carbocycles. The van der Waals surface area contributed by atoms with Crippen molar-refractivity contribution in [3.05, 3.63) is 46.4 Å². The Kier molecular flexibility index (Phi) is 6.30. The number of thiazole rings is 1. The number of sulfone groups is 1. The maximum atomic E-state index is 12.5. The molecule has 1 aromatic heterocycles. The van der Waals surface area contributed by atoms with Gasteiger partial charge in [-0.3, -0.25) is 9.59 Å². The fourth-order valence-corrected chi connectivity index (χ4v) is 4.49. The van der Waals surface area contributed by atoms with Crippen LogP contribution in [0.25, 0.3) is 0 Å². The van der Waals surface area contributed by atoms with Crippen molar-refractivity contribution in [2.24, 2.45) is 0 Å². The number of carbonyl (C=O) groups is 2. The van der Waals surface area contributed by atoms with Crippen LogP contribution in [0.1, 0.15) is 23.0 Å². The summed E-state index contributed by atoms with van der Waals surface area (Å²) in [6, 6.07) is 5.93. The minimum absolute atomic E-state index is 0.0439. The molecular weight excluding hydrogens is 402 g/mol. The Morgan fingerprint density at radius 1 is 1.32 bits per heavy atom. The van der Waals surface area contributed by atoms with E-state index in [2.05, 4.69) is 10.3 Å². The highest BCUT2D eigenvalue weighted by Gasteiger charge is 2.28. The second-order valence-electron chi connectivity index (χ2n) is 6.47. The first-order valence-electron chi connectivity index (χ1n) is 8.74.